The van der Waals surface area contributed by atoms with Crippen LogP contribution < -0.4 is 4.90 Å². The molecule has 0 aliphatic carbocycles. The molecule has 0 bridgehead atoms. The number of halogens is 1. The fourth-order valence-electron chi connectivity index (χ4n) is 1.86. The highest BCUT2D eigenvalue weighted by molar-refractivity contribution is 6.30. The van der Waals surface area contributed by atoms with Gasteiger partial charge in [-0.25, -0.2) is 4.98 Å². The summed E-state index contributed by atoms with van der Waals surface area (Å²) in [4.78, 5) is 6.39. The van der Waals surface area contributed by atoms with E-state index in [4.69, 9.17) is 11.6 Å². The van der Waals surface area contributed by atoms with Gasteiger partial charge < -0.3 is 10.0 Å². The number of nitrogens with zero attached hydrogens (tertiary/aromatic N) is 2. The zero-order valence-electron chi connectivity index (χ0n) is 11.0. The SMILES string of the molecule is CC(O)c1ccc(N(C)Cc2cccc(Cl)c2)nc1. The van der Waals surface area contributed by atoms with Crippen LogP contribution in [-0.4, -0.2) is 17.1 Å². The molecule has 2 aromatic rings. The Morgan fingerprint density at radius 3 is 2.68 bits per heavy atom. The fraction of sp³-hybridized carbons (Fsp3) is 0.267. The minimum Gasteiger partial charge on any atom is -0.389 e. The number of pyridine rings is 1. The maximum atomic E-state index is 9.45. The monoisotopic (exact) mass is 276 g/mol. The van der Waals surface area contributed by atoms with Crippen LogP contribution in [0.5, 0.6) is 0 Å². The van der Waals surface area contributed by atoms with Crippen LogP contribution in [0.4, 0.5) is 5.82 Å². The van der Waals surface area contributed by atoms with Gasteiger partial charge in [-0.3, -0.25) is 0 Å². The molecule has 1 atom stereocenters. The summed E-state index contributed by atoms with van der Waals surface area (Å²) in [6.07, 6.45) is 1.22. The number of aliphatic hydroxyl groups is 1. The smallest absolute Gasteiger partial charge is 0.128 e. The van der Waals surface area contributed by atoms with E-state index in [0.717, 1.165) is 28.5 Å². The van der Waals surface area contributed by atoms with Gasteiger partial charge in [-0.2, -0.15) is 0 Å². The minimum atomic E-state index is -0.486. The van der Waals surface area contributed by atoms with Crippen LogP contribution in [-0.2, 0) is 6.54 Å². The summed E-state index contributed by atoms with van der Waals surface area (Å²) in [5.41, 5.74) is 1.95. The maximum absolute atomic E-state index is 9.45. The van der Waals surface area contributed by atoms with Crippen LogP contribution in [0.25, 0.3) is 0 Å². The van der Waals surface area contributed by atoms with Crippen LogP contribution >= 0.6 is 11.6 Å². The quantitative estimate of drug-likeness (QED) is 0.929. The lowest BCUT2D eigenvalue weighted by molar-refractivity contribution is 0.199. The second kappa shape index (κ2) is 6.04. The summed E-state index contributed by atoms with van der Waals surface area (Å²) < 4.78 is 0. The van der Waals surface area contributed by atoms with Crippen LogP contribution in [0.15, 0.2) is 42.6 Å². The largest absolute Gasteiger partial charge is 0.389 e. The first-order valence-corrected chi connectivity index (χ1v) is 6.53. The van der Waals surface area contributed by atoms with Crippen LogP contribution in [0.3, 0.4) is 0 Å². The molecule has 4 heteroatoms. The molecule has 0 amide bonds. The Morgan fingerprint density at radius 2 is 2.11 bits per heavy atom. The highest BCUT2D eigenvalue weighted by Gasteiger charge is 2.06. The normalized spacial score (nSPS) is 12.2. The molecule has 0 aliphatic heterocycles. The second-order valence-electron chi connectivity index (χ2n) is 4.61. The van der Waals surface area contributed by atoms with Gasteiger partial charge in [0.2, 0.25) is 0 Å². The number of rotatable bonds is 4. The average molecular weight is 277 g/mol. The number of benzene rings is 1. The summed E-state index contributed by atoms with van der Waals surface area (Å²) in [5.74, 6) is 0.865. The lowest BCUT2D eigenvalue weighted by Gasteiger charge is -2.19. The molecular weight excluding hydrogens is 260 g/mol. The lowest BCUT2D eigenvalue weighted by Crippen LogP contribution is -2.17. The van der Waals surface area contributed by atoms with Gasteiger partial charge in [0.15, 0.2) is 0 Å². The molecule has 1 heterocycles. The average Bonchev–Trinajstić information content (AvgIpc) is 2.39. The minimum absolute atomic E-state index is 0.486. The van der Waals surface area contributed by atoms with Crippen molar-refractivity contribution in [2.45, 2.75) is 19.6 Å². The van der Waals surface area contributed by atoms with E-state index < -0.39 is 6.10 Å². The third-order valence-electron chi connectivity index (χ3n) is 2.95. The van der Waals surface area contributed by atoms with Crippen LogP contribution in [0.1, 0.15) is 24.2 Å². The maximum Gasteiger partial charge on any atom is 0.128 e. The third-order valence-corrected chi connectivity index (χ3v) is 3.19. The van der Waals surface area contributed by atoms with Crippen molar-refractivity contribution >= 4 is 17.4 Å². The number of hydrogen-bond acceptors (Lipinski definition) is 3. The molecule has 0 fully saturated rings. The Hall–Kier alpha value is -1.58. The van der Waals surface area contributed by atoms with Crippen molar-refractivity contribution in [2.24, 2.45) is 0 Å². The lowest BCUT2D eigenvalue weighted by atomic mass is 10.2. The Bertz CT molecular complexity index is 540. The Balaban J connectivity index is 2.09. The van der Waals surface area contributed by atoms with Crippen LogP contribution in [0, 0.1) is 0 Å². The molecule has 0 aliphatic rings. The van der Waals surface area contributed by atoms with Gasteiger partial charge in [0.05, 0.1) is 6.10 Å². The van der Waals surface area contributed by atoms with Crippen molar-refractivity contribution in [3.05, 3.63) is 58.7 Å². The van der Waals surface area contributed by atoms with Gasteiger partial charge in [-0.1, -0.05) is 29.8 Å². The predicted octanol–water partition coefficient (Wildman–Crippen LogP) is 3.42. The van der Waals surface area contributed by atoms with E-state index >= 15 is 0 Å². The highest BCUT2D eigenvalue weighted by atomic mass is 35.5. The predicted molar refractivity (Wildman–Crippen MR) is 78.4 cm³/mol. The molecule has 0 saturated heterocycles. The number of aromatic nitrogens is 1. The van der Waals surface area contributed by atoms with Crippen LogP contribution in [0.2, 0.25) is 5.02 Å². The summed E-state index contributed by atoms with van der Waals surface area (Å²) in [7, 11) is 1.98. The Labute approximate surface area is 118 Å². The van der Waals surface area contributed by atoms with Crippen molar-refractivity contribution in [2.75, 3.05) is 11.9 Å². The molecular formula is C15H17ClN2O. The van der Waals surface area contributed by atoms with E-state index in [-0.39, 0.29) is 0 Å². The van der Waals surface area contributed by atoms with Gasteiger partial charge in [-0.15, -0.1) is 0 Å². The van der Waals surface area contributed by atoms with Crippen molar-refractivity contribution in [1.82, 2.24) is 4.98 Å². The summed E-state index contributed by atoms with van der Waals surface area (Å²) in [6, 6.07) is 11.6. The number of anilines is 1. The van der Waals surface area contributed by atoms with Gasteiger partial charge in [0.25, 0.3) is 0 Å². The van der Waals surface area contributed by atoms with E-state index in [2.05, 4.69) is 4.98 Å². The van der Waals surface area contributed by atoms with E-state index in [1.54, 1.807) is 13.1 Å². The highest BCUT2D eigenvalue weighted by Crippen LogP contribution is 2.18. The van der Waals surface area contributed by atoms with Crippen molar-refractivity contribution in [3.8, 4) is 0 Å². The van der Waals surface area contributed by atoms with E-state index in [9.17, 15) is 5.11 Å². The Kier molecular flexibility index (Phi) is 4.40. The third kappa shape index (κ3) is 3.69. The van der Waals surface area contributed by atoms with Crippen molar-refractivity contribution < 1.29 is 5.11 Å². The second-order valence-corrected chi connectivity index (χ2v) is 5.05. The summed E-state index contributed by atoms with van der Waals surface area (Å²) in [5, 5.41) is 10.2. The fourth-order valence-corrected chi connectivity index (χ4v) is 2.07. The van der Waals surface area contributed by atoms with Crippen molar-refractivity contribution in [3.63, 3.8) is 0 Å². The molecule has 0 radical (unpaired) electrons. The summed E-state index contributed by atoms with van der Waals surface area (Å²) in [6.45, 7) is 2.47. The van der Waals surface area contributed by atoms with Gasteiger partial charge in [0.1, 0.15) is 5.82 Å². The molecule has 1 N–H and O–H groups in total. The number of aliphatic hydroxyl groups excluding tert-OH is 1. The van der Waals surface area contributed by atoms with E-state index in [1.165, 1.54) is 0 Å². The molecule has 2 rings (SSSR count). The standard InChI is InChI=1S/C15H17ClN2O/c1-11(19)13-6-7-15(17-9-13)18(2)10-12-4-3-5-14(16)8-12/h3-9,11,19H,10H2,1-2H3. The molecule has 100 valence electrons. The zero-order valence-corrected chi connectivity index (χ0v) is 11.8. The molecule has 1 unspecified atom stereocenters. The first-order chi connectivity index (χ1) is 9.06. The molecule has 19 heavy (non-hydrogen) atoms. The van der Waals surface area contributed by atoms with Gasteiger partial charge in [-0.05, 0) is 36.2 Å². The molecule has 0 spiro atoms. The topological polar surface area (TPSA) is 36.4 Å². The molecule has 1 aromatic heterocycles. The molecule has 3 nitrogen and oxygen atoms in total. The van der Waals surface area contributed by atoms with Crippen molar-refractivity contribution in [1.29, 1.82) is 0 Å². The molecule has 1 aromatic carbocycles. The van der Waals surface area contributed by atoms with Gasteiger partial charge >= 0.3 is 0 Å². The first kappa shape index (κ1) is 13.8. The van der Waals surface area contributed by atoms with Gasteiger partial charge in [0, 0.05) is 24.8 Å². The number of hydrogen-bond donors (Lipinski definition) is 1. The summed E-state index contributed by atoms with van der Waals surface area (Å²) >= 11 is 5.97. The van der Waals surface area contributed by atoms with E-state index in [1.807, 2.05) is 48.3 Å². The molecule has 0 saturated carbocycles. The first-order valence-electron chi connectivity index (χ1n) is 6.16. The Morgan fingerprint density at radius 1 is 1.32 bits per heavy atom. The zero-order chi connectivity index (χ0) is 13.8. The van der Waals surface area contributed by atoms with E-state index in [0.29, 0.717) is 0 Å².